The van der Waals surface area contributed by atoms with Gasteiger partial charge in [-0.2, -0.15) is 0 Å². The van der Waals surface area contributed by atoms with E-state index in [1.807, 2.05) is 37.3 Å². The Balaban J connectivity index is 1.72. The van der Waals surface area contributed by atoms with Gasteiger partial charge in [0.2, 0.25) is 5.90 Å². The van der Waals surface area contributed by atoms with Crippen molar-refractivity contribution < 1.29 is 14.6 Å². The highest BCUT2D eigenvalue weighted by Crippen LogP contribution is 2.25. The van der Waals surface area contributed by atoms with Crippen LogP contribution in [0.2, 0.25) is 5.02 Å². The number of methoxy groups -OCH3 is 1. The summed E-state index contributed by atoms with van der Waals surface area (Å²) in [5.74, 6) is 0.667. The maximum atomic E-state index is 12.5. The first-order chi connectivity index (χ1) is 12.5. The van der Waals surface area contributed by atoms with Gasteiger partial charge in [-0.1, -0.05) is 30.7 Å². The number of benzene rings is 1. The molecular weight excluding hydrogens is 352 g/mol. The van der Waals surface area contributed by atoms with Crippen LogP contribution in [-0.2, 0) is 29.1 Å². The number of ketones is 1. The van der Waals surface area contributed by atoms with Gasteiger partial charge in [0, 0.05) is 23.6 Å². The van der Waals surface area contributed by atoms with E-state index >= 15 is 0 Å². The zero-order valence-corrected chi connectivity index (χ0v) is 15.6. The van der Waals surface area contributed by atoms with Gasteiger partial charge in [-0.05, 0) is 35.2 Å². The number of aliphatic imine (C=N–C) groups is 1. The topological polar surface area (TPSA) is 71.8 Å². The maximum Gasteiger partial charge on any atom is 0.218 e. The lowest BCUT2D eigenvalue weighted by Gasteiger charge is -2.13. The van der Waals surface area contributed by atoms with E-state index in [9.17, 15) is 9.90 Å². The predicted octanol–water partition coefficient (Wildman–Crippen LogP) is 3.44. The molecule has 1 aromatic heterocycles. The number of carbonyl (C=O) groups excluding carboxylic acids is 1. The molecular formula is C20H21ClN2O3. The summed E-state index contributed by atoms with van der Waals surface area (Å²) in [5, 5.41) is 10.3. The summed E-state index contributed by atoms with van der Waals surface area (Å²) in [4.78, 5) is 21.2. The summed E-state index contributed by atoms with van der Waals surface area (Å²) in [6, 6.07) is 9.46. The lowest BCUT2D eigenvalue weighted by atomic mass is 9.94. The minimum Gasteiger partial charge on any atom is -0.481 e. The molecule has 26 heavy (non-hydrogen) atoms. The average molecular weight is 373 g/mol. The molecule has 1 aliphatic rings. The Hall–Kier alpha value is -2.24. The van der Waals surface area contributed by atoms with Crippen molar-refractivity contribution in [2.75, 3.05) is 7.11 Å². The maximum absolute atomic E-state index is 12.5. The van der Waals surface area contributed by atoms with Crippen molar-refractivity contribution >= 4 is 23.3 Å². The minimum absolute atomic E-state index is 0.0800. The Morgan fingerprint density at radius 1 is 1.38 bits per heavy atom. The van der Waals surface area contributed by atoms with Crippen LogP contribution in [0.4, 0.5) is 0 Å². The Morgan fingerprint density at radius 3 is 2.88 bits per heavy atom. The smallest absolute Gasteiger partial charge is 0.218 e. The average Bonchev–Trinajstić information content (AvgIpc) is 3.04. The van der Waals surface area contributed by atoms with Crippen LogP contribution in [0.3, 0.4) is 0 Å². The molecule has 1 atom stereocenters. The van der Waals surface area contributed by atoms with Crippen LogP contribution in [0.1, 0.15) is 47.3 Å². The molecule has 5 nitrogen and oxygen atoms in total. The van der Waals surface area contributed by atoms with Crippen molar-refractivity contribution in [2.45, 2.75) is 38.8 Å². The summed E-state index contributed by atoms with van der Waals surface area (Å²) in [5.41, 5.74) is 3.89. The normalized spacial score (nSPS) is 13.9. The summed E-state index contributed by atoms with van der Waals surface area (Å²) in [6.07, 6.45) is 0.640. The van der Waals surface area contributed by atoms with Crippen LogP contribution in [0, 0.1) is 0 Å². The molecule has 6 heteroatoms. The fourth-order valence-electron chi connectivity index (χ4n) is 3.26. The third-order valence-electron chi connectivity index (χ3n) is 4.51. The number of ether oxygens (including phenoxy) is 1. The van der Waals surface area contributed by atoms with Crippen molar-refractivity contribution in [3.63, 3.8) is 0 Å². The SMILES string of the molecule is COC1=NCc2cc(CC(=O)C[C@H](C)c3cccc(Cl)c3)nc(CO)c21. The van der Waals surface area contributed by atoms with E-state index in [0.717, 1.165) is 16.7 Å². The third kappa shape index (κ3) is 3.94. The van der Waals surface area contributed by atoms with Crippen LogP contribution < -0.4 is 0 Å². The molecule has 1 aromatic carbocycles. The molecule has 136 valence electrons. The summed E-state index contributed by atoms with van der Waals surface area (Å²) in [6.45, 7) is 2.28. The van der Waals surface area contributed by atoms with Crippen molar-refractivity contribution in [1.82, 2.24) is 4.98 Å². The number of hydrogen-bond acceptors (Lipinski definition) is 5. The summed E-state index contributed by atoms with van der Waals surface area (Å²) in [7, 11) is 1.55. The van der Waals surface area contributed by atoms with Gasteiger partial charge in [-0.25, -0.2) is 4.99 Å². The molecule has 0 spiro atoms. The second kappa shape index (κ2) is 7.98. The van der Waals surface area contributed by atoms with Crippen LogP contribution in [0.5, 0.6) is 0 Å². The molecule has 0 aliphatic carbocycles. The number of halogens is 1. The first-order valence-electron chi connectivity index (χ1n) is 8.50. The first-order valence-corrected chi connectivity index (χ1v) is 8.88. The van der Waals surface area contributed by atoms with Gasteiger partial charge in [0.1, 0.15) is 5.78 Å². The number of carbonyl (C=O) groups is 1. The van der Waals surface area contributed by atoms with E-state index in [1.165, 1.54) is 0 Å². The molecule has 0 amide bonds. The number of aliphatic hydroxyl groups is 1. The molecule has 0 fully saturated rings. The van der Waals surface area contributed by atoms with Crippen LogP contribution in [0.15, 0.2) is 35.3 Å². The second-order valence-electron chi connectivity index (χ2n) is 6.45. The van der Waals surface area contributed by atoms with Crippen molar-refractivity contribution in [2.24, 2.45) is 4.99 Å². The number of fused-ring (bicyclic) bond motifs is 1. The number of pyridine rings is 1. The molecule has 0 saturated carbocycles. The van der Waals surface area contributed by atoms with E-state index in [-0.39, 0.29) is 24.7 Å². The monoisotopic (exact) mass is 372 g/mol. The highest BCUT2D eigenvalue weighted by Gasteiger charge is 2.23. The van der Waals surface area contributed by atoms with E-state index in [4.69, 9.17) is 16.3 Å². The predicted molar refractivity (Wildman–Crippen MR) is 101 cm³/mol. The summed E-state index contributed by atoms with van der Waals surface area (Å²) < 4.78 is 5.23. The second-order valence-corrected chi connectivity index (χ2v) is 6.89. The molecule has 0 unspecified atom stereocenters. The van der Waals surface area contributed by atoms with Crippen LogP contribution in [0.25, 0.3) is 0 Å². The highest BCUT2D eigenvalue weighted by atomic mass is 35.5. The van der Waals surface area contributed by atoms with Crippen molar-refractivity contribution in [1.29, 1.82) is 0 Å². The van der Waals surface area contributed by atoms with Crippen molar-refractivity contribution in [3.8, 4) is 0 Å². The lowest BCUT2D eigenvalue weighted by Crippen LogP contribution is -2.13. The number of rotatable bonds is 6. The van der Waals surface area contributed by atoms with E-state index in [2.05, 4.69) is 9.98 Å². The number of aromatic nitrogens is 1. The fourth-order valence-corrected chi connectivity index (χ4v) is 3.46. The minimum atomic E-state index is -0.217. The Morgan fingerprint density at radius 2 is 2.19 bits per heavy atom. The largest absolute Gasteiger partial charge is 0.481 e. The molecule has 3 rings (SSSR count). The number of aliphatic hydroxyl groups excluding tert-OH is 1. The van der Waals surface area contributed by atoms with Gasteiger partial charge < -0.3 is 9.84 Å². The molecule has 0 radical (unpaired) electrons. The standard InChI is InChI=1S/C20H21ClN2O3/c1-12(13-4-3-5-15(21)7-13)6-17(25)9-16-8-14-10-22-20(26-2)19(14)18(11-24)23-16/h3-5,7-8,12,24H,6,9-11H2,1-2H3/t12-/m0/s1. The number of Topliss-reactive ketones (excluding diaryl/α,β-unsaturated/α-hetero) is 1. The van der Waals surface area contributed by atoms with Crippen molar-refractivity contribution in [3.05, 3.63) is 63.4 Å². The quantitative estimate of drug-likeness (QED) is 0.843. The Kier molecular flexibility index (Phi) is 5.69. The third-order valence-corrected chi connectivity index (χ3v) is 4.74. The molecule has 0 saturated heterocycles. The molecule has 0 bridgehead atoms. The van der Waals surface area contributed by atoms with Crippen LogP contribution in [-0.4, -0.2) is 28.9 Å². The zero-order chi connectivity index (χ0) is 18.7. The molecule has 2 heterocycles. The van der Waals surface area contributed by atoms with Gasteiger partial charge in [0.15, 0.2) is 0 Å². The molecule has 1 aliphatic heterocycles. The van der Waals surface area contributed by atoms with Crippen LogP contribution >= 0.6 is 11.6 Å². The van der Waals surface area contributed by atoms with Gasteiger partial charge in [0.25, 0.3) is 0 Å². The van der Waals surface area contributed by atoms with E-state index < -0.39 is 0 Å². The van der Waals surface area contributed by atoms with E-state index in [1.54, 1.807) is 7.11 Å². The number of nitrogens with zero attached hydrogens (tertiary/aromatic N) is 2. The van der Waals surface area contributed by atoms with Gasteiger partial charge in [0.05, 0.1) is 31.5 Å². The van der Waals surface area contributed by atoms with Gasteiger partial charge >= 0.3 is 0 Å². The Bertz CT molecular complexity index is 864. The van der Waals surface area contributed by atoms with E-state index in [0.29, 0.717) is 35.3 Å². The lowest BCUT2D eigenvalue weighted by molar-refractivity contribution is -0.118. The Labute approximate surface area is 157 Å². The zero-order valence-electron chi connectivity index (χ0n) is 14.8. The molecule has 1 N–H and O–H groups in total. The first kappa shape index (κ1) is 18.5. The highest BCUT2D eigenvalue weighted by molar-refractivity contribution is 6.30. The fraction of sp³-hybridized carbons (Fsp3) is 0.350. The van der Waals surface area contributed by atoms with Gasteiger partial charge in [-0.15, -0.1) is 0 Å². The van der Waals surface area contributed by atoms with Gasteiger partial charge in [-0.3, -0.25) is 9.78 Å². The molecule has 2 aromatic rings. The number of hydrogen-bond donors (Lipinski definition) is 1. The summed E-state index contributed by atoms with van der Waals surface area (Å²) >= 11 is 6.03.